The number of thioether (sulfide) groups is 1. The van der Waals surface area contributed by atoms with Crippen LogP contribution in [0.1, 0.15) is 20.9 Å². The molecule has 0 aliphatic carbocycles. The topological polar surface area (TPSA) is 68.3 Å². The highest BCUT2D eigenvalue weighted by molar-refractivity contribution is 7.99. The van der Waals surface area contributed by atoms with Crippen molar-refractivity contribution in [2.24, 2.45) is 0 Å². The van der Waals surface area contributed by atoms with Gasteiger partial charge in [0, 0.05) is 28.1 Å². The first kappa shape index (κ1) is 20.6. The van der Waals surface area contributed by atoms with Crippen LogP contribution in [0.5, 0.6) is 0 Å². The number of esters is 1. The average molecular weight is 433 g/mol. The number of aryl methyl sites for hydroxylation is 2. The standard InChI is InChI=1S/C20H20N2O3S3/c1-13-3-5-16(6-4-13)27-10-8-21-17(23)11-25-20(24)18-14(2)22-19(28-18)15-7-9-26-12-15/h3-7,9,12H,8,10-11H2,1-2H3,(H,21,23). The van der Waals surface area contributed by atoms with Crippen LogP contribution in [0.3, 0.4) is 0 Å². The van der Waals surface area contributed by atoms with Gasteiger partial charge in [-0.2, -0.15) is 11.3 Å². The Bertz CT molecular complexity index is 934. The van der Waals surface area contributed by atoms with E-state index in [0.717, 1.165) is 21.2 Å². The van der Waals surface area contributed by atoms with E-state index in [1.165, 1.54) is 16.9 Å². The Hall–Kier alpha value is -2.16. The smallest absolute Gasteiger partial charge is 0.350 e. The third-order valence-electron chi connectivity index (χ3n) is 3.80. The molecule has 28 heavy (non-hydrogen) atoms. The van der Waals surface area contributed by atoms with Gasteiger partial charge in [0.1, 0.15) is 9.88 Å². The fourth-order valence-corrected chi connectivity index (χ4v) is 4.78. The first-order chi connectivity index (χ1) is 13.5. The molecule has 0 atom stereocenters. The van der Waals surface area contributed by atoms with Gasteiger partial charge < -0.3 is 10.1 Å². The predicted octanol–water partition coefficient (Wildman–Crippen LogP) is 4.55. The van der Waals surface area contributed by atoms with Gasteiger partial charge in [-0.3, -0.25) is 4.79 Å². The molecule has 0 radical (unpaired) electrons. The zero-order valence-electron chi connectivity index (χ0n) is 15.6. The van der Waals surface area contributed by atoms with Crippen molar-refractivity contribution in [1.82, 2.24) is 10.3 Å². The molecular weight excluding hydrogens is 412 g/mol. The Morgan fingerprint density at radius 1 is 1.18 bits per heavy atom. The monoisotopic (exact) mass is 432 g/mol. The number of nitrogens with zero attached hydrogens (tertiary/aromatic N) is 1. The molecule has 0 spiro atoms. The van der Waals surface area contributed by atoms with E-state index >= 15 is 0 Å². The molecule has 0 saturated heterocycles. The van der Waals surface area contributed by atoms with Crippen LogP contribution >= 0.6 is 34.4 Å². The molecular formula is C20H20N2O3S3. The number of rotatable bonds is 8. The SMILES string of the molecule is Cc1ccc(SCCNC(=O)COC(=O)c2sc(-c3ccsc3)nc2C)cc1. The number of ether oxygens (including phenoxy) is 1. The van der Waals surface area contributed by atoms with Gasteiger partial charge >= 0.3 is 5.97 Å². The lowest BCUT2D eigenvalue weighted by Gasteiger charge is -2.06. The maximum Gasteiger partial charge on any atom is 0.350 e. The van der Waals surface area contributed by atoms with Crippen LogP contribution in [0.15, 0.2) is 46.0 Å². The average Bonchev–Trinajstić information content (AvgIpc) is 3.34. The van der Waals surface area contributed by atoms with E-state index in [-0.39, 0.29) is 12.5 Å². The Kier molecular flexibility index (Phi) is 7.24. The minimum absolute atomic E-state index is 0.293. The molecule has 0 aliphatic rings. The molecule has 2 aromatic heterocycles. The van der Waals surface area contributed by atoms with Crippen LogP contribution in [0.4, 0.5) is 0 Å². The highest BCUT2D eigenvalue weighted by Crippen LogP contribution is 2.29. The molecule has 3 rings (SSSR count). The Balaban J connectivity index is 1.40. The first-order valence-electron chi connectivity index (χ1n) is 8.66. The Morgan fingerprint density at radius 3 is 2.68 bits per heavy atom. The number of carbonyl (C=O) groups excluding carboxylic acids is 2. The van der Waals surface area contributed by atoms with Crippen LogP contribution in [0.2, 0.25) is 0 Å². The van der Waals surface area contributed by atoms with E-state index in [0.29, 0.717) is 17.1 Å². The number of nitrogens with one attached hydrogen (secondary N) is 1. The van der Waals surface area contributed by atoms with Crippen molar-refractivity contribution in [3.8, 4) is 10.6 Å². The molecule has 0 unspecified atom stereocenters. The molecule has 5 nitrogen and oxygen atoms in total. The maximum atomic E-state index is 12.3. The van der Waals surface area contributed by atoms with E-state index in [4.69, 9.17) is 4.74 Å². The number of thiophene rings is 1. The summed E-state index contributed by atoms with van der Waals surface area (Å²) in [5, 5.41) is 7.49. The molecule has 8 heteroatoms. The lowest BCUT2D eigenvalue weighted by atomic mass is 10.2. The molecule has 1 N–H and O–H groups in total. The molecule has 146 valence electrons. The van der Waals surface area contributed by atoms with E-state index in [1.807, 2.05) is 23.8 Å². The predicted molar refractivity (Wildman–Crippen MR) is 115 cm³/mol. The van der Waals surface area contributed by atoms with Crippen LogP contribution in [-0.4, -0.2) is 35.8 Å². The number of aromatic nitrogens is 1. The second-order valence-corrected chi connectivity index (χ2v) is 8.98. The lowest BCUT2D eigenvalue weighted by Crippen LogP contribution is -2.30. The normalized spacial score (nSPS) is 10.6. The van der Waals surface area contributed by atoms with Crippen molar-refractivity contribution in [1.29, 1.82) is 0 Å². The number of hydrogen-bond acceptors (Lipinski definition) is 7. The summed E-state index contributed by atoms with van der Waals surface area (Å²) in [5.41, 5.74) is 2.82. The highest BCUT2D eigenvalue weighted by Gasteiger charge is 2.18. The third kappa shape index (κ3) is 5.67. The second kappa shape index (κ2) is 9.86. The molecule has 1 amide bonds. The quantitative estimate of drug-likeness (QED) is 0.321. The van der Waals surface area contributed by atoms with Crippen LogP contribution in [-0.2, 0) is 9.53 Å². The van der Waals surface area contributed by atoms with Gasteiger partial charge in [-0.1, -0.05) is 17.7 Å². The fourth-order valence-electron chi connectivity index (χ4n) is 2.34. The van der Waals surface area contributed by atoms with Crippen LogP contribution in [0.25, 0.3) is 10.6 Å². The number of thiazole rings is 1. The van der Waals surface area contributed by atoms with Gasteiger partial charge in [-0.15, -0.1) is 23.1 Å². The molecule has 0 bridgehead atoms. The lowest BCUT2D eigenvalue weighted by molar-refractivity contribution is -0.124. The van der Waals surface area contributed by atoms with Crippen molar-refractivity contribution in [3.05, 3.63) is 57.2 Å². The van der Waals surface area contributed by atoms with Gasteiger partial charge in [0.2, 0.25) is 0 Å². The highest BCUT2D eigenvalue weighted by atomic mass is 32.2. The van der Waals surface area contributed by atoms with Gasteiger partial charge in [0.05, 0.1) is 5.69 Å². The second-order valence-electron chi connectivity index (χ2n) is 6.03. The maximum absolute atomic E-state index is 12.3. The summed E-state index contributed by atoms with van der Waals surface area (Å²) >= 11 is 4.53. The summed E-state index contributed by atoms with van der Waals surface area (Å²) in [4.78, 5) is 30.2. The summed E-state index contributed by atoms with van der Waals surface area (Å²) in [7, 11) is 0. The molecule has 2 heterocycles. The van der Waals surface area contributed by atoms with E-state index in [2.05, 4.69) is 34.6 Å². The number of hydrogen-bond donors (Lipinski definition) is 1. The molecule has 0 fully saturated rings. The summed E-state index contributed by atoms with van der Waals surface area (Å²) in [6, 6.07) is 10.2. The van der Waals surface area contributed by atoms with Gasteiger partial charge in [0.25, 0.3) is 5.91 Å². The van der Waals surface area contributed by atoms with E-state index in [1.54, 1.807) is 30.0 Å². The van der Waals surface area contributed by atoms with Crippen molar-refractivity contribution in [3.63, 3.8) is 0 Å². The molecule has 1 aromatic carbocycles. The van der Waals surface area contributed by atoms with Crippen LogP contribution in [0, 0.1) is 13.8 Å². The minimum Gasteiger partial charge on any atom is -0.451 e. The summed E-state index contributed by atoms with van der Waals surface area (Å²) < 4.78 is 5.15. The van der Waals surface area contributed by atoms with Crippen LogP contribution < -0.4 is 5.32 Å². The first-order valence-corrected chi connectivity index (χ1v) is 11.4. The molecule has 3 aromatic rings. The zero-order chi connectivity index (χ0) is 19.9. The minimum atomic E-state index is -0.513. The van der Waals surface area contributed by atoms with Crippen molar-refractivity contribution >= 4 is 46.3 Å². The van der Waals surface area contributed by atoms with Gasteiger partial charge in [-0.05, 0) is 37.4 Å². The van der Waals surface area contributed by atoms with Crippen molar-refractivity contribution < 1.29 is 14.3 Å². The van der Waals surface area contributed by atoms with Crippen molar-refractivity contribution in [2.45, 2.75) is 18.7 Å². The van der Waals surface area contributed by atoms with Gasteiger partial charge in [-0.25, -0.2) is 9.78 Å². The van der Waals surface area contributed by atoms with Gasteiger partial charge in [0.15, 0.2) is 6.61 Å². The number of amides is 1. The zero-order valence-corrected chi connectivity index (χ0v) is 18.0. The Labute approximate surface area is 176 Å². The Morgan fingerprint density at radius 2 is 1.96 bits per heavy atom. The fraction of sp³-hybridized carbons (Fsp3) is 0.250. The molecule has 0 aliphatic heterocycles. The third-order valence-corrected chi connectivity index (χ3v) is 6.68. The largest absolute Gasteiger partial charge is 0.451 e. The van der Waals surface area contributed by atoms with E-state index < -0.39 is 5.97 Å². The van der Waals surface area contributed by atoms with Crippen molar-refractivity contribution in [2.75, 3.05) is 18.9 Å². The summed E-state index contributed by atoms with van der Waals surface area (Å²) in [6.07, 6.45) is 0. The number of carbonyl (C=O) groups is 2. The summed E-state index contributed by atoms with van der Waals surface area (Å²) in [6.45, 7) is 4.04. The summed E-state index contributed by atoms with van der Waals surface area (Å²) in [5.74, 6) is -0.0699. The molecule has 0 saturated carbocycles. The van der Waals surface area contributed by atoms with E-state index in [9.17, 15) is 9.59 Å². The number of benzene rings is 1.